The van der Waals surface area contributed by atoms with Crippen LogP contribution in [0.15, 0.2) is 42.0 Å². The molecule has 1 spiro atoms. The molecular formula is C34H46O4. The minimum Gasteiger partial charge on any atom is -0.458 e. The molecule has 7 rings (SSSR count). The predicted octanol–water partition coefficient (Wildman–Crippen LogP) is 7.58. The van der Waals surface area contributed by atoms with Gasteiger partial charge < -0.3 is 14.2 Å². The van der Waals surface area contributed by atoms with Gasteiger partial charge in [-0.1, -0.05) is 57.5 Å². The van der Waals surface area contributed by atoms with Crippen LogP contribution in [0.2, 0.25) is 0 Å². The number of hydrogen-bond donors (Lipinski definition) is 0. The lowest BCUT2D eigenvalue weighted by Crippen LogP contribution is -2.52. The molecule has 0 aromatic heterocycles. The van der Waals surface area contributed by atoms with Crippen LogP contribution in [0.5, 0.6) is 0 Å². The molecule has 11 atom stereocenters. The summed E-state index contributed by atoms with van der Waals surface area (Å²) in [6.45, 7) is 10.7. The van der Waals surface area contributed by atoms with Gasteiger partial charge in [-0.05, 0) is 97.5 Å². The van der Waals surface area contributed by atoms with Gasteiger partial charge in [0.05, 0.1) is 18.3 Å². The first-order valence-electron chi connectivity index (χ1n) is 15.5. The molecule has 206 valence electrons. The third kappa shape index (κ3) is 3.65. The van der Waals surface area contributed by atoms with E-state index < -0.39 is 0 Å². The van der Waals surface area contributed by atoms with E-state index in [0.717, 1.165) is 50.0 Å². The lowest BCUT2D eigenvalue weighted by molar-refractivity contribution is -0.272. The van der Waals surface area contributed by atoms with Gasteiger partial charge >= 0.3 is 5.97 Å². The Balaban J connectivity index is 1.08. The van der Waals surface area contributed by atoms with Crippen molar-refractivity contribution < 1.29 is 19.0 Å². The first kappa shape index (κ1) is 25.3. The van der Waals surface area contributed by atoms with Gasteiger partial charge in [0.1, 0.15) is 6.10 Å². The van der Waals surface area contributed by atoms with E-state index in [9.17, 15) is 4.79 Å². The summed E-state index contributed by atoms with van der Waals surface area (Å²) >= 11 is 0. The van der Waals surface area contributed by atoms with Crippen LogP contribution in [0, 0.1) is 46.3 Å². The van der Waals surface area contributed by atoms with Crippen molar-refractivity contribution in [1.82, 2.24) is 0 Å². The maximum atomic E-state index is 12.7. The number of rotatable bonds is 2. The first-order valence-corrected chi connectivity index (χ1v) is 15.5. The first-order chi connectivity index (χ1) is 18.2. The van der Waals surface area contributed by atoms with Gasteiger partial charge in [-0.3, -0.25) is 0 Å². The van der Waals surface area contributed by atoms with E-state index in [0.29, 0.717) is 34.8 Å². The molecule has 1 aromatic rings. The van der Waals surface area contributed by atoms with Crippen molar-refractivity contribution in [2.45, 2.75) is 103 Å². The second-order valence-electron chi connectivity index (χ2n) is 14.4. The van der Waals surface area contributed by atoms with E-state index in [2.05, 4.69) is 33.8 Å². The van der Waals surface area contributed by atoms with Crippen LogP contribution in [-0.2, 0) is 14.2 Å². The number of allylic oxidation sites excluding steroid dienone is 1. The molecule has 4 heteroatoms. The maximum Gasteiger partial charge on any atom is 0.338 e. The Morgan fingerprint density at radius 1 is 1.00 bits per heavy atom. The van der Waals surface area contributed by atoms with Gasteiger partial charge in [-0.2, -0.15) is 0 Å². The van der Waals surface area contributed by atoms with Crippen LogP contribution in [0.25, 0.3) is 0 Å². The predicted molar refractivity (Wildman–Crippen MR) is 147 cm³/mol. The van der Waals surface area contributed by atoms with Gasteiger partial charge in [0.25, 0.3) is 0 Å². The van der Waals surface area contributed by atoms with E-state index in [1.807, 2.05) is 30.3 Å². The monoisotopic (exact) mass is 518 g/mol. The number of benzene rings is 1. The smallest absolute Gasteiger partial charge is 0.338 e. The number of carbonyl (C=O) groups is 1. The van der Waals surface area contributed by atoms with Crippen molar-refractivity contribution in [2.75, 3.05) is 6.61 Å². The van der Waals surface area contributed by atoms with Crippen LogP contribution in [0.4, 0.5) is 0 Å². The Hall–Kier alpha value is -1.65. The van der Waals surface area contributed by atoms with Gasteiger partial charge in [-0.15, -0.1) is 0 Å². The van der Waals surface area contributed by atoms with Crippen LogP contribution in [-0.4, -0.2) is 30.6 Å². The molecule has 2 heterocycles. The molecule has 38 heavy (non-hydrogen) atoms. The van der Waals surface area contributed by atoms with Gasteiger partial charge in [0, 0.05) is 18.8 Å². The zero-order valence-corrected chi connectivity index (χ0v) is 23.8. The molecule has 2 aliphatic heterocycles. The highest BCUT2D eigenvalue weighted by Gasteiger charge is 2.68. The van der Waals surface area contributed by atoms with Crippen molar-refractivity contribution in [3.05, 3.63) is 47.5 Å². The number of carbonyl (C=O) groups excluding carboxylic acids is 1. The summed E-state index contributed by atoms with van der Waals surface area (Å²) in [6, 6.07) is 9.45. The zero-order valence-electron chi connectivity index (χ0n) is 23.8. The molecule has 1 aromatic carbocycles. The number of ether oxygens (including phenoxy) is 3. The highest BCUT2D eigenvalue weighted by Crippen LogP contribution is 2.70. The minimum absolute atomic E-state index is 0.00178. The van der Waals surface area contributed by atoms with E-state index in [-0.39, 0.29) is 23.3 Å². The second kappa shape index (κ2) is 8.93. The SMILES string of the molecule is C[C@H]1CC[C@@]2(OC1)O[C@@H]1C[C@@H]3[C@H]4CC=C5C[C@@H](OC(=O)c6ccccc6)CC[C@]5(C)[C@@H]4CC[C@]3(C)[C@@H]1[C@H]2C. The van der Waals surface area contributed by atoms with E-state index in [1.54, 1.807) is 5.57 Å². The van der Waals surface area contributed by atoms with E-state index in [1.165, 1.54) is 32.1 Å². The van der Waals surface area contributed by atoms with E-state index >= 15 is 0 Å². The standard InChI is InChI=1S/C34H46O4/c1-21-12-17-34(36-20-21)22(2)30-29(38-34)19-28-26-11-10-24-18-25(37-31(35)23-8-6-5-7-9-23)13-15-32(24,3)27(26)14-16-33(28,30)4/h5-10,21-22,25-30H,11-20H2,1-4H3/t21-,22+,25-,26-,27+,28+,29+,30+,32-,33-,34+/m0/s1. The van der Waals surface area contributed by atoms with Crippen molar-refractivity contribution in [2.24, 2.45) is 46.3 Å². The summed E-state index contributed by atoms with van der Waals surface area (Å²) in [5.74, 6) is 3.46. The number of fused-ring (bicyclic) bond motifs is 7. The lowest BCUT2D eigenvalue weighted by Gasteiger charge is -2.58. The van der Waals surface area contributed by atoms with Crippen LogP contribution >= 0.6 is 0 Å². The molecule has 0 bridgehead atoms. The topological polar surface area (TPSA) is 44.8 Å². The molecule has 4 aliphatic carbocycles. The Labute approximate surface area is 228 Å². The third-order valence-electron chi connectivity index (χ3n) is 12.6. The van der Waals surface area contributed by atoms with Gasteiger partial charge in [0.15, 0.2) is 5.79 Å². The summed E-state index contributed by atoms with van der Waals surface area (Å²) in [7, 11) is 0. The van der Waals surface area contributed by atoms with E-state index in [4.69, 9.17) is 14.2 Å². The molecule has 3 saturated carbocycles. The Kier molecular flexibility index (Phi) is 5.95. The molecule has 5 fully saturated rings. The zero-order chi connectivity index (χ0) is 26.3. The normalized spacial score (nSPS) is 49.4. The highest BCUT2D eigenvalue weighted by atomic mass is 16.7. The Bertz CT molecular complexity index is 1100. The Morgan fingerprint density at radius 3 is 2.58 bits per heavy atom. The fraction of sp³-hybridized carbons (Fsp3) is 0.735. The molecule has 4 nitrogen and oxygen atoms in total. The maximum absolute atomic E-state index is 12.7. The molecule has 0 unspecified atom stereocenters. The average molecular weight is 519 g/mol. The van der Waals surface area contributed by atoms with Gasteiger partial charge in [0.2, 0.25) is 0 Å². The summed E-state index contributed by atoms with van der Waals surface area (Å²) < 4.78 is 19.5. The number of esters is 1. The number of hydrogen-bond acceptors (Lipinski definition) is 4. The molecule has 6 aliphatic rings. The van der Waals surface area contributed by atoms with Crippen molar-refractivity contribution in [3.63, 3.8) is 0 Å². The van der Waals surface area contributed by atoms with Crippen molar-refractivity contribution in [3.8, 4) is 0 Å². The van der Waals surface area contributed by atoms with Gasteiger partial charge in [-0.25, -0.2) is 4.79 Å². The minimum atomic E-state index is -0.326. The molecule has 0 N–H and O–H groups in total. The molecule has 0 amide bonds. The summed E-state index contributed by atoms with van der Waals surface area (Å²) in [4.78, 5) is 12.7. The third-order valence-corrected chi connectivity index (χ3v) is 12.6. The van der Waals surface area contributed by atoms with Crippen LogP contribution < -0.4 is 0 Å². The molecule has 2 saturated heterocycles. The summed E-state index contributed by atoms with van der Waals surface area (Å²) in [5.41, 5.74) is 2.81. The summed E-state index contributed by atoms with van der Waals surface area (Å²) in [6.07, 6.45) is 13.3. The molecule has 0 radical (unpaired) electrons. The average Bonchev–Trinajstić information content (AvgIpc) is 3.36. The van der Waals surface area contributed by atoms with Crippen LogP contribution in [0.1, 0.15) is 95.8 Å². The largest absolute Gasteiger partial charge is 0.458 e. The lowest BCUT2D eigenvalue weighted by atomic mass is 9.47. The second-order valence-corrected chi connectivity index (χ2v) is 14.4. The Morgan fingerprint density at radius 2 is 1.82 bits per heavy atom. The highest BCUT2D eigenvalue weighted by molar-refractivity contribution is 5.89. The van der Waals surface area contributed by atoms with Crippen molar-refractivity contribution >= 4 is 5.97 Å². The fourth-order valence-corrected chi connectivity index (χ4v) is 10.5. The summed E-state index contributed by atoms with van der Waals surface area (Å²) in [5, 5.41) is 0. The molecular weight excluding hydrogens is 472 g/mol. The fourth-order valence-electron chi connectivity index (χ4n) is 10.5. The quantitative estimate of drug-likeness (QED) is 0.299. The van der Waals surface area contributed by atoms with Crippen LogP contribution in [0.3, 0.4) is 0 Å². The van der Waals surface area contributed by atoms with Crippen molar-refractivity contribution in [1.29, 1.82) is 0 Å².